The number of hydrogen-bond donors (Lipinski definition) is 0. The normalized spacial score (nSPS) is 23.9. The molecule has 1 aliphatic heterocycles. The summed E-state index contributed by atoms with van der Waals surface area (Å²) in [6.07, 6.45) is 5.79. The monoisotopic (exact) mass is 249 g/mol. The molecule has 0 aromatic rings. The molecular weight excluding hydrogens is 221 g/mol. The Balaban J connectivity index is 2.33. The Morgan fingerprint density at radius 3 is 1.88 bits per heavy atom. The van der Waals surface area contributed by atoms with E-state index in [1.54, 1.807) is 12.1 Å². The topological polar surface area (TPSA) is 3.24 Å². The van der Waals surface area contributed by atoms with Crippen LogP contribution in [0, 0.1) is 0 Å². The van der Waals surface area contributed by atoms with Gasteiger partial charge in [0.1, 0.15) is 0 Å². The van der Waals surface area contributed by atoms with Crippen LogP contribution in [0.3, 0.4) is 0 Å². The molecule has 0 N–H and O–H groups in total. The fourth-order valence-electron chi connectivity index (χ4n) is 3.18. The molecule has 0 aromatic carbocycles. The summed E-state index contributed by atoms with van der Waals surface area (Å²) >= 11 is 2.30. The standard InChI is InChI=1S/C12H28NSi2.Li/c1-6-7-8-9-10-13-14(2,3)11-12-15(13,4)5;/h1,6-12H2,2-5H3;. The minimum absolute atomic E-state index is 0.978. The predicted octanol–water partition coefficient (Wildman–Crippen LogP) is 3.86. The van der Waals surface area contributed by atoms with Crippen LogP contribution in [-0.4, -0.2) is 45.0 Å². The van der Waals surface area contributed by atoms with E-state index >= 15 is 0 Å². The molecule has 16 heavy (non-hydrogen) atoms. The maximum atomic E-state index is 3.02. The molecule has 1 heterocycles. The summed E-state index contributed by atoms with van der Waals surface area (Å²) in [5.41, 5.74) is 0. The second-order valence-corrected chi connectivity index (χ2v) is 16.5. The van der Waals surface area contributed by atoms with Gasteiger partial charge in [-0.1, -0.05) is 0 Å². The minimum atomic E-state index is -0.978. The van der Waals surface area contributed by atoms with E-state index in [-0.39, 0.29) is 0 Å². The van der Waals surface area contributed by atoms with Crippen molar-refractivity contribution in [3.63, 3.8) is 0 Å². The Morgan fingerprint density at radius 2 is 1.38 bits per heavy atom. The van der Waals surface area contributed by atoms with Gasteiger partial charge in [0.2, 0.25) is 0 Å². The van der Waals surface area contributed by atoms with Crippen LogP contribution < -0.4 is 0 Å². The second kappa shape index (κ2) is 6.24. The molecule has 0 aromatic heterocycles. The molecule has 0 saturated carbocycles. The predicted molar refractivity (Wildman–Crippen MR) is 80.3 cm³/mol. The molecule has 1 saturated heterocycles. The number of nitrogens with zero attached hydrogens (tertiary/aromatic N) is 1. The molecule has 0 spiro atoms. The van der Waals surface area contributed by atoms with Crippen LogP contribution in [0.1, 0.15) is 25.7 Å². The van der Waals surface area contributed by atoms with E-state index < -0.39 is 16.5 Å². The van der Waals surface area contributed by atoms with Crippen LogP contribution in [0.2, 0.25) is 43.4 Å². The molecule has 1 rings (SSSR count). The van der Waals surface area contributed by atoms with Gasteiger partial charge in [-0.3, -0.25) is 0 Å². The molecule has 4 heteroatoms. The Hall–Kier alpha value is 0.991. The van der Waals surface area contributed by atoms with Crippen LogP contribution in [0.25, 0.3) is 0 Å². The zero-order valence-electron chi connectivity index (χ0n) is 12.1. The number of hydrogen-bond acceptors (Lipinski definition) is 1. The molecule has 1 nitrogen and oxygen atoms in total. The van der Waals surface area contributed by atoms with E-state index in [9.17, 15) is 0 Å². The van der Waals surface area contributed by atoms with Crippen molar-refractivity contribution in [1.82, 2.24) is 4.23 Å². The number of rotatable bonds is 6. The fraction of sp³-hybridized carbons (Fsp3) is 1.00. The summed E-state index contributed by atoms with van der Waals surface area (Å²) in [7, 11) is -1.96. The number of unbranched alkanes of at least 4 members (excludes halogenated alkanes) is 3. The molecular formula is C12H28LiNSi2. The molecule has 0 radical (unpaired) electrons. The van der Waals surface area contributed by atoms with E-state index in [1.165, 1.54) is 37.3 Å². The van der Waals surface area contributed by atoms with Gasteiger partial charge >= 0.3 is 114 Å². The zero-order chi connectivity index (χ0) is 12.2. The SMILES string of the molecule is [Li][CH2]CCCCCN1[Si](C)(C)CC[Si]1(C)C. The first-order chi connectivity index (χ1) is 7.40. The molecule has 0 aliphatic carbocycles. The van der Waals surface area contributed by atoms with Crippen LogP contribution in [0.15, 0.2) is 0 Å². The summed E-state index contributed by atoms with van der Waals surface area (Å²) in [5, 5.41) is 1.37. The van der Waals surface area contributed by atoms with E-state index in [4.69, 9.17) is 0 Å². The third-order valence-electron chi connectivity index (χ3n) is 4.30. The van der Waals surface area contributed by atoms with Gasteiger partial charge in [-0.15, -0.1) is 0 Å². The van der Waals surface area contributed by atoms with Gasteiger partial charge in [-0.05, 0) is 0 Å². The Kier molecular flexibility index (Phi) is 5.87. The Morgan fingerprint density at radius 1 is 0.875 bits per heavy atom. The zero-order valence-corrected chi connectivity index (χ0v) is 14.1. The van der Waals surface area contributed by atoms with Gasteiger partial charge in [0.05, 0.1) is 0 Å². The molecule has 0 bridgehead atoms. The molecule has 0 atom stereocenters. The van der Waals surface area contributed by atoms with E-state index in [0.29, 0.717) is 0 Å². The third-order valence-corrected chi connectivity index (χ3v) is 14.7. The molecule has 90 valence electrons. The van der Waals surface area contributed by atoms with Crippen LogP contribution >= 0.6 is 0 Å². The van der Waals surface area contributed by atoms with Gasteiger partial charge in [-0.25, -0.2) is 0 Å². The van der Waals surface area contributed by atoms with Crippen LogP contribution in [0.5, 0.6) is 0 Å². The quantitative estimate of drug-likeness (QED) is 0.510. The average Bonchev–Trinajstić information content (AvgIpc) is 2.39. The van der Waals surface area contributed by atoms with Crippen molar-refractivity contribution in [2.24, 2.45) is 0 Å². The van der Waals surface area contributed by atoms with Crippen molar-refractivity contribution in [3.05, 3.63) is 0 Å². The molecule has 1 aliphatic rings. The first-order valence-corrected chi connectivity index (χ1v) is 13.5. The average molecular weight is 249 g/mol. The van der Waals surface area contributed by atoms with Gasteiger partial charge < -0.3 is 0 Å². The van der Waals surface area contributed by atoms with Gasteiger partial charge in [0.25, 0.3) is 0 Å². The molecule has 0 unspecified atom stereocenters. The van der Waals surface area contributed by atoms with Crippen LogP contribution in [0.4, 0.5) is 0 Å². The van der Waals surface area contributed by atoms with Gasteiger partial charge in [0.15, 0.2) is 0 Å². The maximum absolute atomic E-state index is 3.02. The van der Waals surface area contributed by atoms with Crippen molar-refractivity contribution in [1.29, 1.82) is 0 Å². The second-order valence-electron chi connectivity index (χ2n) is 6.69. The third kappa shape index (κ3) is 4.03. The Bertz CT molecular complexity index is 203. The summed E-state index contributed by atoms with van der Waals surface area (Å²) in [6, 6.07) is 3.11. The van der Waals surface area contributed by atoms with Crippen LogP contribution in [-0.2, 0) is 0 Å². The van der Waals surface area contributed by atoms with E-state index in [1.807, 2.05) is 0 Å². The van der Waals surface area contributed by atoms with Gasteiger partial charge in [-0.2, -0.15) is 0 Å². The van der Waals surface area contributed by atoms with Crippen molar-refractivity contribution < 1.29 is 0 Å². The summed E-state index contributed by atoms with van der Waals surface area (Å²) < 4.78 is 3.02. The van der Waals surface area contributed by atoms with E-state index in [2.05, 4.69) is 48.1 Å². The van der Waals surface area contributed by atoms with Gasteiger partial charge in [0, 0.05) is 0 Å². The summed E-state index contributed by atoms with van der Waals surface area (Å²) in [4.78, 5) is 0. The fourth-order valence-corrected chi connectivity index (χ4v) is 17.4. The summed E-state index contributed by atoms with van der Waals surface area (Å²) in [5.74, 6) is 0. The van der Waals surface area contributed by atoms with Crippen molar-refractivity contribution >= 4 is 34.2 Å². The van der Waals surface area contributed by atoms with E-state index in [0.717, 1.165) is 0 Å². The van der Waals surface area contributed by atoms with Crippen molar-refractivity contribution in [2.75, 3.05) is 6.54 Å². The summed E-state index contributed by atoms with van der Waals surface area (Å²) in [6.45, 7) is 11.8. The first-order valence-electron chi connectivity index (χ1n) is 7.18. The molecule has 1 fully saturated rings. The van der Waals surface area contributed by atoms with Crippen molar-refractivity contribution in [3.8, 4) is 0 Å². The Labute approximate surface area is 114 Å². The van der Waals surface area contributed by atoms with Crippen molar-refractivity contribution in [2.45, 2.75) is 69.1 Å². The molecule has 0 amide bonds. The first kappa shape index (κ1) is 15.1.